The van der Waals surface area contributed by atoms with Gasteiger partial charge < -0.3 is 9.32 Å². The summed E-state index contributed by atoms with van der Waals surface area (Å²) in [6.45, 7) is 3.30. The third kappa shape index (κ3) is 3.92. The SMILES string of the molecule is O=C(CCCN1CCCC1)Nc1nnc(-c2ccccc2)o1. The van der Waals surface area contributed by atoms with E-state index in [4.69, 9.17) is 4.42 Å². The van der Waals surface area contributed by atoms with E-state index >= 15 is 0 Å². The van der Waals surface area contributed by atoms with Crippen molar-refractivity contribution in [2.45, 2.75) is 25.7 Å². The summed E-state index contributed by atoms with van der Waals surface area (Å²) in [5, 5.41) is 10.5. The molecular formula is C16H20N4O2. The highest BCUT2D eigenvalue weighted by atomic mass is 16.4. The van der Waals surface area contributed by atoms with Crippen LogP contribution in [0.25, 0.3) is 11.5 Å². The fraction of sp³-hybridized carbons (Fsp3) is 0.438. The lowest BCUT2D eigenvalue weighted by Gasteiger charge is -2.13. The van der Waals surface area contributed by atoms with Crippen LogP contribution in [0, 0.1) is 0 Å². The number of amides is 1. The molecule has 1 aliphatic heterocycles. The Hall–Kier alpha value is -2.21. The van der Waals surface area contributed by atoms with Gasteiger partial charge in [0, 0.05) is 12.0 Å². The zero-order chi connectivity index (χ0) is 15.2. The molecule has 0 saturated carbocycles. The van der Waals surface area contributed by atoms with E-state index in [1.165, 1.54) is 12.8 Å². The molecule has 0 bridgehead atoms. The molecule has 1 aliphatic rings. The summed E-state index contributed by atoms with van der Waals surface area (Å²) in [4.78, 5) is 14.3. The van der Waals surface area contributed by atoms with Gasteiger partial charge in [0.05, 0.1) is 0 Å². The largest absolute Gasteiger partial charge is 0.403 e. The standard InChI is InChI=1S/C16H20N4O2/c21-14(9-6-12-20-10-4-5-11-20)17-16-19-18-15(22-16)13-7-2-1-3-8-13/h1-3,7-8H,4-6,9-12H2,(H,17,19,21). The van der Waals surface area contributed by atoms with Crippen LogP contribution in [0.4, 0.5) is 6.01 Å². The molecule has 1 saturated heterocycles. The zero-order valence-electron chi connectivity index (χ0n) is 12.5. The van der Waals surface area contributed by atoms with Crippen LogP contribution in [-0.2, 0) is 4.79 Å². The number of rotatable bonds is 6. The molecule has 1 amide bonds. The second-order valence-electron chi connectivity index (χ2n) is 5.48. The molecule has 3 rings (SSSR count). The van der Waals surface area contributed by atoms with E-state index in [0.29, 0.717) is 12.3 Å². The maximum atomic E-state index is 11.9. The Morgan fingerprint density at radius 1 is 1.18 bits per heavy atom. The summed E-state index contributed by atoms with van der Waals surface area (Å²) < 4.78 is 5.46. The maximum Gasteiger partial charge on any atom is 0.322 e. The molecule has 6 heteroatoms. The molecule has 2 aromatic rings. The van der Waals surface area contributed by atoms with Crippen LogP contribution >= 0.6 is 0 Å². The third-order valence-corrected chi connectivity index (χ3v) is 3.77. The van der Waals surface area contributed by atoms with Crippen LogP contribution in [-0.4, -0.2) is 40.6 Å². The average molecular weight is 300 g/mol. The molecule has 22 heavy (non-hydrogen) atoms. The van der Waals surface area contributed by atoms with Crippen molar-refractivity contribution >= 4 is 11.9 Å². The fourth-order valence-electron chi connectivity index (χ4n) is 2.62. The third-order valence-electron chi connectivity index (χ3n) is 3.77. The summed E-state index contributed by atoms with van der Waals surface area (Å²) in [6, 6.07) is 9.64. The summed E-state index contributed by atoms with van der Waals surface area (Å²) in [5.41, 5.74) is 0.838. The number of hydrogen-bond acceptors (Lipinski definition) is 5. The Balaban J connectivity index is 1.46. The minimum atomic E-state index is -0.0811. The van der Waals surface area contributed by atoms with Crippen LogP contribution in [0.2, 0.25) is 0 Å². The van der Waals surface area contributed by atoms with Gasteiger partial charge >= 0.3 is 6.01 Å². The molecule has 1 N–H and O–H groups in total. The number of aromatic nitrogens is 2. The van der Waals surface area contributed by atoms with E-state index in [9.17, 15) is 4.79 Å². The van der Waals surface area contributed by atoms with E-state index in [0.717, 1.165) is 31.6 Å². The fourth-order valence-corrected chi connectivity index (χ4v) is 2.62. The first-order valence-electron chi connectivity index (χ1n) is 7.72. The molecule has 0 radical (unpaired) electrons. The van der Waals surface area contributed by atoms with Gasteiger partial charge in [0.25, 0.3) is 0 Å². The van der Waals surface area contributed by atoms with Crippen molar-refractivity contribution in [1.29, 1.82) is 0 Å². The van der Waals surface area contributed by atoms with E-state index in [2.05, 4.69) is 20.4 Å². The minimum Gasteiger partial charge on any atom is -0.403 e. The lowest BCUT2D eigenvalue weighted by Crippen LogP contribution is -2.22. The van der Waals surface area contributed by atoms with E-state index in [1.807, 2.05) is 30.3 Å². The van der Waals surface area contributed by atoms with Gasteiger partial charge in [0.15, 0.2) is 0 Å². The number of nitrogens with zero attached hydrogens (tertiary/aromatic N) is 3. The first-order chi connectivity index (χ1) is 10.8. The monoisotopic (exact) mass is 300 g/mol. The van der Waals surface area contributed by atoms with Gasteiger partial charge in [0.1, 0.15) is 0 Å². The molecule has 1 aromatic carbocycles. The van der Waals surface area contributed by atoms with E-state index in [1.54, 1.807) is 0 Å². The van der Waals surface area contributed by atoms with Gasteiger partial charge in [0.2, 0.25) is 11.8 Å². The highest BCUT2D eigenvalue weighted by molar-refractivity contribution is 5.88. The van der Waals surface area contributed by atoms with Gasteiger partial charge in [-0.2, -0.15) is 0 Å². The first kappa shape index (κ1) is 14.7. The molecular weight excluding hydrogens is 280 g/mol. The van der Waals surface area contributed by atoms with Gasteiger partial charge in [-0.1, -0.05) is 23.3 Å². The lowest BCUT2D eigenvalue weighted by atomic mass is 10.2. The number of carbonyl (C=O) groups is 1. The molecule has 2 heterocycles. The van der Waals surface area contributed by atoms with Crippen molar-refractivity contribution in [1.82, 2.24) is 15.1 Å². The van der Waals surface area contributed by atoms with Crippen molar-refractivity contribution in [3.05, 3.63) is 30.3 Å². The minimum absolute atomic E-state index is 0.0811. The normalized spacial score (nSPS) is 15.1. The van der Waals surface area contributed by atoms with Crippen molar-refractivity contribution in [2.75, 3.05) is 25.0 Å². The van der Waals surface area contributed by atoms with Crippen LogP contribution in [0.5, 0.6) is 0 Å². The number of nitrogens with one attached hydrogen (secondary N) is 1. The van der Waals surface area contributed by atoms with Gasteiger partial charge in [-0.05, 0) is 51.0 Å². The predicted molar refractivity (Wildman–Crippen MR) is 83.3 cm³/mol. The van der Waals surface area contributed by atoms with Gasteiger partial charge in [-0.3, -0.25) is 10.1 Å². The van der Waals surface area contributed by atoms with Crippen LogP contribution in [0.1, 0.15) is 25.7 Å². The number of anilines is 1. The number of benzene rings is 1. The molecule has 0 unspecified atom stereocenters. The van der Waals surface area contributed by atoms with Gasteiger partial charge in [-0.25, -0.2) is 0 Å². The summed E-state index contributed by atoms with van der Waals surface area (Å²) in [6.07, 6.45) is 3.87. The molecule has 116 valence electrons. The van der Waals surface area contributed by atoms with Crippen molar-refractivity contribution in [2.24, 2.45) is 0 Å². The summed E-state index contributed by atoms with van der Waals surface area (Å²) >= 11 is 0. The van der Waals surface area contributed by atoms with Crippen molar-refractivity contribution in [3.63, 3.8) is 0 Å². The maximum absolute atomic E-state index is 11.9. The summed E-state index contributed by atoms with van der Waals surface area (Å²) in [5.74, 6) is 0.329. The molecule has 1 fully saturated rings. The zero-order valence-corrected chi connectivity index (χ0v) is 12.5. The molecule has 0 spiro atoms. The van der Waals surface area contributed by atoms with Crippen LogP contribution in [0.3, 0.4) is 0 Å². The quantitative estimate of drug-likeness (QED) is 0.887. The second-order valence-corrected chi connectivity index (χ2v) is 5.48. The van der Waals surface area contributed by atoms with E-state index in [-0.39, 0.29) is 11.9 Å². The van der Waals surface area contributed by atoms with Crippen molar-refractivity contribution in [3.8, 4) is 11.5 Å². The number of carbonyl (C=O) groups excluding carboxylic acids is 1. The van der Waals surface area contributed by atoms with Crippen molar-refractivity contribution < 1.29 is 9.21 Å². The van der Waals surface area contributed by atoms with E-state index < -0.39 is 0 Å². The lowest BCUT2D eigenvalue weighted by molar-refractivity contribution is -0.116. The average Bonchev–Trinajstić information content (AvgIpc) is 3.20. The molecule has 0 atom stereocenters. The number of likely N-dealkylation sites (tertiary alicyclic amines) is 1. The topological polar surface area (TPSA) is 71.3 Å². The Morgan fingerprint density at radius 2 is 1.95 bits per heavy atom. The van der Waals surface area contributed by atoms with Gasteiger partial charge in [-0.15, -0.1) is 5.10 Å². The number of hydrogen-bond donors (Lipinski definition) is 1. The molecule has 0 aliphatic carbocycles. The predicted octanol–water partition coefficient (Wildman–Crippen LogP) is 2.55. The van der Waals surface area contributed by atoms with Crippen LogP contribution in [0.15, 0.2) is 34.7 Å². The molecule has 6 nitrogen and oxygen atoms in total. The Morgan fingerprint density at radius 3 is 2.73 bits per heavy atom. The van der Waals surface area contributed by atoms with Crippen LogP contribution < -0.4 is 5.32 Å². The Labute approximate surface area is 129 Å². The first-order valence-corrected chi connectivity index (χ1v) is 7.72. The second kappa shape index (κ2) is 7.17. The smallest absolute Gasteiger partial charge is 0.322 e. The Bertz CT molecular complexity index is 606. The highest BCUT2D eigenvalue weighted by Crippen LogP contribution is 2.19. The highest BCUT2D eigenvalue weighted by Gasteiger charge is 2.13. The summed E-state index contributed by atoms with van der Waals surface area (Å²) in [7, 11) is 0. The molecule has 1 aromatic heterocycles. The Kier molecular flexibility index (Phi) is 4.80.